The van der Waals surface area contributed by atoms with Crippen molar-refractivity contribution in [2.45, 2.75) is 26.7 Å². The number of rotatable bonds is 2. The summed E-state index contributed by atoms with van der Waals surface area (Å²) in [6.45, 7) is 5.34. The van der Waals surface area contributed by atoms with Crippen molar-refractivity contribution in [3.63, 3.8) is 0 Å². The number of carbonyl (C=O) groups is 1. The van der Waals surface area contributed by atoms with Gasteiger partial charge in [0.25, 0.3) is 0 Å². The highest BCUT2D eigenvalue weighted by Crippen LogP contribution is 2.23. The number of amides is 1. The number of anilines is 1. The van der Waals surface area contributed by atoms with E-state index in [-0.39, 0.29) is 11.8 Å². The van der Waals surface area contributed by atoms with Crippen LogP contribution in [0.1, 0.15) is 23.4 Å². The molecule has 4 nitrogen and oxygen atoms in total. The van der Waals surface area contributed by atoms with Gasteiger partial charge in [-0.2, -0.15) is 0 Å². The molecule has 2 heterocycles. The fraction of sp³-hybridized carbons (Fsp3) is 0.636. The molecule has 1 aromatic heterocycles. The Kier molecular flexibility index (Phi) is 3.56. The molecule has 1 aromatic rings. The van der Waals surface area contributed by atoms with Gasteiger partial charge in [-0.25, -0.2) is 4.98 Å². The van der Waals surface area contributed by atoms with E-state index in [9.17, 15) is 4.79 Å². The molecule has 88 valence electrons. The topological polar surface area (TPSA) is 51.2 Å². The molecule has 1 fully saturated rings. The Bertz CT molecular complexity index is 364. The minimum absolute atomic E-state index is 0.0806. The van der Waals surface area contributed by atoms with Gasteiger partial charge in [0.05, 0.1) is 5.69 Å². The molecule has 1 N–H and O–H groups in total. The van der Waals surface area contributed by atoms with Crippen LogP contribution < -0.4 is 5.32 Å². The molecule has 1 aliphatic heterocycles. The zero-order valence-corrected chi connectivity index (χ0v) is 10.4. The molecule has 0 bridgehead atoms. The average molecular weight is 240 g/mol. The van der Waals surface area contributed by atoms with E-state index in [1.165, 1.54) is 11.3 Å². The van der Waals surface area contributed by atoms with E-state index in [4.69, 9.17) is 4.74 Å². The Morgan fingerprint density at radius 2 is 2.12 bits per heavy atom. The van der Waals surface area contributed by atoms with Crippen molar-refractivity contribution in [2.75, 3.05) is 18.5 Å². The summed E-state index contributed by atoms with van der Waals surface area (Å²) in [4.78, 5) is 17.3. The van der Waals surface area contributed by atoms with Crippen LogP contribution in [0.2, 0.25) is 0 Å². The number of hydrogen-bond donors (Lipinski definition) is 1. The van der Waals surface area contributed by atoms with Crippen molar-refractivity contribution in [1.82, 2.24) is 4.98 Å². The number of hydrogen-bond acceptors (Lipinski definition) is 4. The van der Waals surface area contributed by atoms with Crippen molar-refractivity contribution < 1.29 is 9.53 Å². The number of aromatic nitrogens is 1. The highest BCUT2D eigenvalue weighted by atomic mass is 32.1. The predicted octanol–water partition coefficient (Wildman–Crippen LogP) is 2.13. The van der Waals surface area contributed by atoms with Gasteiger partial charge in [-0.05, 0) is 26.7 Å². The van der Waals surface area contributed by atoms with Crippen LogP contribution in [0.5, 0.6) is 0 Å². The number of nitrogens with one attached hydrogen (secondary N) is 1. The first-order valence-electron chi connectivity index (χ1n) is 5.49. The summed E-state index contributed by atoms with van der Waals surface area (Å²) in [5.41, 5.74) is 0.993. The second-order valence-corrected chi connectivity index (χ2v) is 5.24. The lowest BCUT2D eigenvalue weighted by atomic mass is 10.00. The largest absolute Gasteiger partial charge is 0.381 e. The van der Waals surface area contributed by atoms with E-state index in [1.54, 1.807) is 0 Å². The molecular formula is C11H16N2O2S. The smallest absolute Gasteiger partial charge is 0.229 e. The van der Waals surface area contributed by atoms with E-state index in [2.05, 4.69) is 10.3 Å². The number of nitrogens with zero attached hydrogens (tertiary/aromatic N) is 1. The van der Waals surface area contributed by atoms with Crippen molar-refractivity contribution in [1.29, 1.82) is 0 Å². The number of carbonyl (C=O) groups excluding carboxylic acids is 1. The Hall–Kier alpha value is -0.940. The number of ether oxygens (including phenoxy) is 1. The van der Waals surface area contributed by atoms with E-state index in [1.807, 2.05) is 13.8 Å². The maximum absolute atomic E-state index is 11.9. The third-order valence-corrected chi connectivity index (χ3v) is 3.84. The molecule has 0 saturated carbocycles. The lowest BCUT2D eigenvalue weighted by Crippen LogP contribution is -2.28. The van der Waals surface area contributed by atoms with Gasteiger partial charge in [0, 0.05) is 24.0 Å². The molecule has 0 spiro atoms. The molecule has 0 unspecified atom stereocenters. The van der Waals surface area contributed by atoms with Crippen LogP contribution in [0.15, 0.2) is 0 Å². The first-order valence-corrected chi connectivity index (χ1v) is 6.31. The van der Waals surface area contributed by atoms with Crippen molar-refractivity contribution in [3.05, 3.63) is 10.6 Å². The SMILES string of the molecule is Cc1nc(NC(=O)C2CCOCC2)sc1C. The molecular weight excluding hydrogens is 224 g/mol. The molecule has 0 radical (unpaired) electrons. The molecule has 5 heteroatoms. The molecule has 0 atom stereocenters. The minimum Gasteiger partial charge on any atom is -0.381 e. The van der Waals surface area contributed by atoms with Crippen molar-refractivity contribution in [3.8, 4) is 0 Å². The lowest BCUT2D eigenvalue weighted by molar-refractivity contribution is -0.122. The Labute approximate surface area is 99.0 Å². The third-order valence-electron chi connectivity index (χ3n) is 2.85. The number of aryl methyl sites for hydroxylation is 2. The molecule has 0 aromatic carbocycles. The average Bonchev–Trinajstić information content (AvgIpc) is 2.59. The van der Waals surface area contributed by atoms with E-state index in [0.717, 1.165) is 23.4 Å². The summed E-state index contributed by atoms with van der Waals surface area (Å²) < 4.78 is 5.23. The Morgan fingerprint density at radius 3 is 2.69 bits per heavy atom. The molecule has 1 amide bonds. The van der Waals surface area contributed by atoms with E-state index in [0.29, 0.717) is 18.3 Å². The zero-order chi connectivity index (χ0) is 11.5. The van der Waals surface area contributed by atoms with Gasteiger partial charge in [0.15, 0.2) is 5.13 Å². The fourth-order valence-corrected chi connectivity index (χ4v) is 2.51. The molecule has 2 rings (SSSR count). The summed E-state index contributed by atoms with van der Waals surface area (Å²) in [5, 5.41) is 3.60. The summed E-state index contributed by atoms with van der Waals surface area (Å²) >= 11 is 1.53. The lowest BCUT2D eigenvalue weighted by Gasteiger charge is -2.20. The van der Waals surface area contributed by atoms with Crippen LogP contribution in [-0.4, -0.2) is 24.1 Å². The van der Waals surface area contributed by atoms with E-state index < -0.39 is 0 Å². The van der Waals surface area contributed by atoms with Crippen LogP contribution in [-0.2, 0) is 9.53 Å². The van der Waals surface area contributed by atoms with Gasteiger partial charge in [-0.15, -0.1) is 11.3 Å². The predicted molar refractivity (Wildman–Crippen MR) is 63.8 cm³/mol. The first kappa shape index (κ1) is 11.5. The van der Waals surface area contributed by atoms with Crippen molar-refractivity contribution in [2.24, 2.45) is 5.92 Å². The highest BCUT2D eigenvalue weighted by Gasteiger charge is 2.22. The van der Waals surface area contributed by atoms with Crippen LogP contribution >= 0.6 is 11.3 Å². The number of thiazole rings is 1. The summed E-state index contributed by atoms with van der Waals surface area (Å²) in [6, 6.07) is 0. The fourth-order valence-electron chi connectivity index (χ4n) is 1.69. The van der Waals surface area contributed by atoms with Crippen LogP contribution in [0.4, 0.5) is 5.13 Å². The normalized spacial score (nSPS) is 17.4. The highest BCUT2D eigenvalue weighted by molar-refractivity contribution is 7.15. The quantitative estimate of drug-likeness (QED) is 0.861. The monoisotopic (exact) mass is 240 g/mol. The molecule has 16 heavy (non-hydrogen) atoms. The molecule has 1 saturated heterocycles. The van der Waals surface area contributed by atoms with Crippen LogP contribution in [0.3, 0.4) is 0 Å². The minimum atomic E-state index is 0.0806. The summed E-state index contributed by atoms with van der Waals surface area (Å²) in [7, 11) is 0. The Balaban J connectivity index is 1.95. The first-order chi connectivity index (χ1) is 7.66. The van der Waals surface area contributed by atoms with Crippen molar-refractivity contribution >= 4 is 22.4 Å². The second kappa shape index (κ2) is 4.93. The van der Waals surface area contributed by atoms with Gasteiger partial charge in [-0.1, -0.05) is 0 Å². The standard InChI is InChI=1S/C11H16N2O2S/c1-7-8(2)16-11(12-7)13-10(14)9-3-5-15-6-4-9/h9H,3-6H2,1-2H3,(H,12,13,14). The van der Waals surface area contributed by atoms with Crippen LogP contribution in [0.25, 0.3) is 0 Å². The third kappa shape index (κ3) is 2.59. The zero-order valence-electron chi connectivity index (χ0n) is 9.58. The van der Waals surface area contributed by atoms with Gasteiger partial charge in [0.2, 0.25) is 5.91 Å². The maximum Gasteiger partial charge on any atom is 0.229 e. The van der Waals surface area contributed by atoms with Gasteiger partial charge < -0.3 is 10.1 Å². The molecule has 0 aliphatic carbocycles. The van der Waals surface area contributed by atoms with Gasteiger partial charge >= 0.3 is 0 Å². The Morgan fingerprint density at radius 1 is 1.44 bits per heavy atom. The van der Waals surface area contributed by atoms with Crippen LogP contribution in [0, 0.1) is 19.8 Å². The van der Waals surface area contributed by atoms with Gasteiger partial charge in [0.1, 0.15) is 0 Å². The van der Waals surface area contributed by atoms with E-state index >= 15 is 0 Å². The van der Waals surface area contributed by atoms with Gasteiger partial charge in [-0.3, -0.25) is 4.79 Å². The summed E-state index contributed by atoms with van der Waals surface area (Å²) in [5.74, 6) is 0.162. The molecule has 1 aliphatic rings. The maximum atomic E-state index is 11.9. The summed E-state index contributed by atoms with van der Waals surface area (Å²) in [6.07, 6.45) is 1.63. The second-order valence-electron chi connectivity index (χ2n) is 4.04.